The molecule has 0 aliphatic carbocycles. The minimum absolute atomic E-state index is 0.0455. The smallest absolute Gasteiger partial charge is 0.323 e. The van der Waals surface area contributed by atoms with Crippen molar-refractivity contribution in [1.82, 2.24) is 39.2 Å². The zero-order chi connectivity index (χ0) is 81.1. The highest BCUT2D eigenvalue weighted by molar-refractivity contribution is 5.77. The van der Waals surface area contributed by atoms with Gasteiger partial charge in [-0.25, -0.2) is 0 Å². The van der Waals surface area contributed by atoms with Crippen LogP contribution in [0.4, 0.5) is 0 Å². The van der Waals surface area contributed by atoms with E-state index in [1.165, 1.54) is 19.8 Å². The molecular formula is C82H138N8O18. The van der Waals surface area contributed by atoms with Crippen LogP contribution in [0, 0.1) is 0 Å². The van der Waals surface area contributed by atoms with Crippen molar-refractivity contribution in [3.63, 3.8) is 0 Å². The lowest BCUT2D eigenvalue weighted by Gasteiger charge is -2.36. The van der Waals surface area contributed by atoms with Crippen LogP contribution in [0.1, 0.15) is 182 Å². The lowest BCUT2D eigenvalue weighted by molar-refractivity contribution is -0.159. The molecule has 2 atom stereocenters. The molecule has 614 valence electrons. The Morgan fingerprint density at radius 3 is 0.852 bits per heavy atom. The third-order valence-corrected chi connectivity index (χ3v) is 16.7. The van der Waals surface area contributed by atoms with Gasteiger partial charge in [0.05, 0.1) is 66.7 Å². The molecule has 0 unspecified atom stereocenters. The molecule has 0 radical (unpaired) electrons. The van der Waals surface area contributed by atoms with Crippen LogP contribution in [-0.4, -0.2) is 304 Å². The lowest BCUT2D eigenvalue weighted by Crippen LogP contribution is -2.52. The van der Waals surface area contributed by atoms with Gasteiger partial charge in [-0.05, 0) is 206 Å². The molecule has 0 N–H and O–H groups in total. The standard InChI is InChI=1S/C41H70N4O9.C41H68N4O9/c2*1-12-51-33-19-17-32(18-20-33)15-13-14-16-34(38(49)50-11)45-27-25-43(30-36(47)53-40(5,6)7)23-21-42(29-35(46)52-39(2,3)4)22-24-44(26-28-45)31-37(48)54-41(8,9)10/h17-20,34H,12-16,21-31H2,1-11H3;13,15,17-20,34H,12,14,16,21-31H2,1-11H3/b;15-13+/t2*34-/m00/s1. The van der Waals surface area contributed by atoms with Gasteiger partial charge >= 0.3 is 47.8 Å². The van der Waals surface area contributed by atoms with Gasteiger partial charge in [0.15, 0.2) is 0 Å². The molecule has 26 heteroatoms. The zero-order valence-corrected chi connectivity index (χ0v) is 70.1. The van der Waals surface area contributed by atoms with Gasteiger partial charge in [0.2, 0.25) is 0 Å². The number of ether oxygens (including phenoxy) is 10. The second-order valence-electron chi connectivity index (χ2n) is 33.6. The van der Waals surface area contributed by atoms with E-state index in [1.807, 2.05) is 216 Å². The van der Waals surface area contributed by atoms with Crippen LogP contribution >= 0.6 is 0 Å². The predicted octanol–water partition coefficient (Wildman–Crippen LogP) is 9.25. The van der Waals surface area contributed by atoms with Gasteiger partial charge in [0.25, 0.3) is 0 Å². The van der Waals surface area contributed by atoms with E-state index in [2.05, 4.69) is 21.9 Å². The Kier molecular flexibility index (Phi) is 41.3. The first-order valence-electron chi connectivity index (χ1n) is 38.7. The topological polar surface area (TPSA) is 255 Å². The molecule has 0 spiro atoms. The highest BCUT2D eigenvalue weighted by atomic mass is 16.6. The lowest BCUT2D eigenvalue weighted by atomic mass is 10.0. The molecule has 2 aliphatic heterocycles. The molecule has 108 heavy (non-hydrogen) atoms. The van der Waals surface area contributed by atoms with E-state index < -0.39 is 45.7 Å². The third kappa shape index (κ3) is 44.2. The van der Waals surface area contributed by atoms with Crippen molar-refractivity contribution in [2.45, 2.75) is 223 Å². The predicted molar refractivity (Wildman–Crippen MR) is 420 cm³/mol. The van der Waals surface area contributed by atoms with E-state index >= 15 is 0 Å². The van der Waals surface area contributed by atoms with Crippen molar-refractivity contribution in [1.29, 1.82) is 0 Å². The van der Waals surface area contributed by atoms with E-state index in [0.29, 0.717) is 137 Å². The van der Waals surface area contributed by atoms with Crippen molar-refractivity contribution < 1.29 is 85.7 Å². The number of benzene rings is 2. The zero-order valence-electron chi connectivity index (χ0n) is 70.1. The maximum absolute atomic E-state index is 13.4. The van der Waals surface area contributed by atoms with E-state index in [0.717, 1.165) is 36.3 Å². The molecule has 26 nitrogen and oxygen atoms in total. The first-order valence-corrected chi connectivity index (χ1v) is 38.7. The summed E-state index contributed by atoms with van der Waals surface area (Å²) in [7, 11) is 2.80. The fourth-order valence-electron chi connectivity index (χ4n) is 12.1. The number of rotatable bonds is 29. The highest BCUT2D eigenvalue weighted by Gasteiger charge is 2.34. The van der Waals surface area contributed by atoms with Gasteiger partial charge in [0, 0.05) is 105 Å². The molecule has 2 saturated heterocycles. The van der Waals surface area contributed by atoms with Crippen LogP contribution in [-0.2, 0) is 82.7 Å². The van der Waals surface area contributed by atoms with Crippen LogP contribution in [0.5, 0.6) is 11.5 Å². The minimum atomic E-state index is -0.648. The summed E-state index contributed by atoms with van der Waals surface area (Å²) < 4.78 is 55.8. The van der Waals surface area contributed by atoms with Crippen molar-refractivity contribution in [2.24, 2.45) is 0 Å². The molecule has 4 rings (SSSR count). The number of carbonyl (C=O) groups is 8. The maximum atomic E-state index is 13.4. The average Bonchev–Trinajstić information content (AvgIpc) is 0.863. The highest BCUT2D eigenvalue weighted by Crippen LogP contribution is 2.22. The van der Waals surface area contributed by atoms with Gasteiger partial charge in [0.1, 0.15) is 57.2 Å². The molecule has 2 fully saturated rings. The Labute approximate surface area is 647 Å². The molecule has 2 aromatic rings. The molecule has 0 bridgehead atoms. The minimum Gasteiger partial charge on any atom is -0.494 e. The third-order valence-electron chi connectivity index (χ3n) is 16.7. The summed E-state index contributed by atoms with van der Waals surface area (Å²) >= 11 is 0. The molecular weight excluding hydrogens is 1380 g/mol. The molecule has 0 saturated carbocycles. The Balaban J connectivity index is 0.000000560. The maximum Gasteiger partial charge on any atom is 0.323 e. The SMILES string of the molecule is CCOc1ccc(/C=C/CC[C@@H](C(=O)OC)N2CCN(CC(=O)OC(C)(C)C)CCN(CC(=O)OC(C)(C)C)CCN(CC(=O)OC(C)(C)C)CC2)cc1.CCOc1ccc(CCCC[C@@H](C(=O)OC)N2CCN(CC(=O)OC(C)(C)C)CCN(CC(=O)OC(C)(C)C)CCN(CC(=O)OC(C)(C)C)CC2)cc1. The molecule has 0 aromatic heterocycles. The van der Waals surface area contributed by atoms with Gasteiger partial charge in [-0.15, -0.1) is 0 Å². The second kappa shape index (κ2) is 46.8. The summed E-state index contributed by atoms with van der Waals surface area (Å²) in [5.41, 5.74) is -1.63. The van der Waals surface area contributed by atoms with Crippen molar-refractivity contribution in [2.75, 3.05) is 171 Å². The Bertz CT molecular complexity index is 2960. The van der Waals surface area contributed by atoms with Gasteiger partial charge in [-0.3, -0.25) is 77.6 Å². The summed E-state index contributed by atoms with van der Waals surface area (Å²) in [6, 6.07) is 14.9. The van der Waals surface area contributed by atoms with E-state index in [-0.39, 0.29) is 87.0 Å². The van der Waals surface area contributed by atoms with Crippen molar-refractivity contribution >= 4 is 53.8 Å². The summed E-state index contributed by atoms with van der Waals surface area (Å²) in [6.45, 7) is 45.8. The number of hydrogen-bond donors (Lipinski definition) is 0. The summed E-state index contributed by atoms with van der Waals surface area (Å²) in [5, 5.41) is 0. The molecule has 2 heterocycles. The van der Waals surface area contributed by atoms with Gasteiger partial charge < -0.3 is 47.4 Å². The summed E-state index contributed by atoms with van der Waals surface area (Å²) in [6.07, 6.45) is 8.33. The number of methoxy groups -OCH3 is 2. The summed E-state index contributed by atoms with van der Waals surface area (Å²) in [5.74, 6) is -1.10. The van der Waals surface area contributed by atoms with Crippen LogP contribution in [0.15, 0.2) is 54.6 Å². The molecule has 2 aliphatic rings. The number of nitrogens with zero attached hydrogens (tertiary/aromatic N) is 8. The first kappa shape index (κ1) is 95.4. The number of aryl methyl sites for hydroxylation is 1. The fourth-order valence-corrected chi connectivity index (χ4v) is 12.1. The molecule has 2 aromatic carbocycles. The number of hydrogen-bond acceptors (Lipinski definition) is 26. The largest absolute Gasteiger partial charge is 0.494 e. The van der Waals surface area contributed by atoms with E-state index in [1.54, 1.807) is 0 Å². The van der Waals surface area contributed by atoms with Crippen LogP contribution in [0.3, 0.4) is 0 Å². The molecule has 0 amide bonds. The van der Waals surface area contributed by atoms with Crippen LogP contribution in [0.25, 0.3) is 6.08 Å². The second-order valence-corrected chi connectivity index (χ2v) is 33.6. The van der Waals surface area contributed by atoms with Crippen LogP contribution in [0.2, 0.25) is 0 Å². The van der Waals surface area contributed by atoms with Gasteiger partial charge in [-0.1, -0.05) is 42.8 Å². The number of carbonyl (C=O) groups excluding carboxylic acids is 8. The van der Waals surface area contributed by atoms with Crippen LogP contribution < -0.4 is 9.47 Å². The normalized spacial score (nSPS) is 17.2. The number of allylic oxidation sites excluding steroid dienone is 1. The quantitative estimate of drug-likeness (QED) is 0.0417. The average molecular weight is 1520 g/mol. The summed E-state index contributed by atoms with van der Waals surface area (Å²) in [4.78, 5) is 121. The van der Waals surface area contributed by atoms with Crippen molar-refractivity contribution in [3.05, 3.63) is 65.7 Å². The number of esters is 8. The van der Waals surface area contributed by atoms with Gasteiger partial charge in [-0.2, -0.15) is 0 Å². The Morgan fingerprint density at radius 1 is 0.352 bits per heavy atom. The van der Waals surface area contributed by atoms with Crippen molar-refractivity contribution in [3.8, 4) is 11.5 Å². The number of unbranched alkanes of at least 4 members (excludes halogenated alkanes) is 1. The monoisotopic (exact) mass is 1520 g/mol. The Morgan fingerprint density at radius 2 is 0.602 bits per heavy atom. The van der Waals surface area contributed by atoms with E-state index in [4.69, 9.17) is 47.4 Å². The fraction of sp³-hybridized carbons (Fsp3) is 0.732. The van der Waals surface area contributed by atoms with E-state index in [9.17, 15) is 38.4 Å². The first-order chi connectivity index (χ1) is 50.3. The Hall–Kier alpha value is -6.78.